The molecule has 1 rings (SSSR count). The summed E-state index contributed by atoms with van der Waals surface area (Å²) >= 11 is 1.59. The molecule has 1 aliphatic heterocycles. The van der Waals surface area contributed by atoms with E-state index >= 15 is 0 Å². The maximum absolute atomic E-state index is 12.3. The predicted octanol–water partition coefficient (Wildman–Crippen LogP) is 3.17. The van der Waals surface area contributed by atoms with Gasteiger partial charge < -0.3 is 15.5 Å². The third-order valence-corrected chi connectivity index (χ3v) is 5.19. The van der Waals surface area contributed by atoms with Gasteiger partial charge in [-0.05, 0) is 46.5 Å². The number of aldehydes is 1. The number of hydrogen-bond donors (Lipinski definition) is 3. The molecule has 0 saturated carbocycles. The third-order valence-electron chi connectivity index (χ3n) is 4.22. The van der Waals surface area contributed by atoms with Crippen molar-refractivity contribution >= 4 is 29.9 Å². The summed E-state index contributed by atoms with van der Waals surface area (Å²) in [5.74, 6) is 0.705. The van der Waals surface area contributed by atoms with Crippen molar-refractivity contribution in [3.8, 4) is 0 Å². The van der Waals surface area contributed by atoms with Crippen LogP contribution in [0.3, 0.4) is 0 Å². The summed E-state index contributed by atoms with van der Waals surface area (Å²) in [5, 5.41) is 2.69. The van der Waals surface area contributed by atoms with Crippen molar-refractivity contribution in [2.75, 3.05) is 11.5 Å². The van der Waals surface area contributed by atoms with Gasteiger partial charge in [0.2, 0.25) is 5.91 Å². The highest BCUT2D eigenvalue weighted by Crippen LogP contribution is 2.13. The van der Waals surface area contributed by atoms with E-state index in [2.05, 4.69) is 55.2 Å². The predicted molar refractivity (Wildman–Crippen MR) is 116 cm³/mol. The normalized spacial score (nSPS) is 19.7. The van der Waals surface area contributed by atoms with Gasteiger partial charge in [-0.15, -0.1) is 0 Å². The molecule has 0 spiro atoms. The van der Waals surface area contributed by atoms with Gasteiger partial charge >= 0.3 is 0 Å². The minimum Gasteiger partial charge on any atom is -0.343 e. The quantitative estimate of drug-likeness (QED) is 0.382. The molecule has 0 aromatic rings. The van der Waals surface area contributed by atoms with E-state index in [0.29, 0.717) is 12.0 Å². The molecule has 0 bridgehead atoms. The van der Waals surface area contributed by atoms with Crippen LogP contribution in [0, 0.1) is 0 Å². The average molecular weight is 408 g/mol. The first-order valence-corrected chi connectivity index (χ1v) is 10.9. The summed E-state index contributed by atoms with van der Waals surface area (Å²) in [6.45, 7) is 6.38. The van der Waals surface area contributed by atoms with Gasteiger partial charge in [0.1, 0.15) is 12.3 Å². The van der Waals surface area contributed by atoms with Crippen LogP contribution in [0.5, 0.6) is 0 Å². The van der Waals surface area contributed by atoms with E-state index in [1.807, 2.05) is 0 Å². The topological polar surface area (TPSA) is 87.3 Å². The van der Waals surface area contributed by atoms with E-state index in [1.54, 1.807) is 11.8 Å². The molecule has 1 heterocycles. The number of hydrogen-bond acceptors (Lipinski definition) is 5. The lowest BCUT2D eigenvalue weighted by Crippen LogP contribution is -2.51. The number of thioether (sulfide) groups is 1. The Morgan fingerprint density at radius 3 is 2.68 bits per heavy atom. The number of carbonyl (C=O) groups is 3. The molecule has 0 radical (unpaired) electrons. The fraction of sp³-hybridized carbons (Fsp3) is 0.571. The van der Waals surface area contributed by atoms with Crippen molar-refractivity contribution in [2.45, 2.75) is 65.3 Å². The summed E-state index contributed by atoms with van der Waals surface area (Å²) in [6, 6.07) is -0.610. The highest BCUT2D eigenvalue weighted by Gasteiger charge is 2.21. The van der Waals surface area contributed by atoms with Gasteiger partial charge in [0.25, 0.3) is 5.91 Å². The van der Waals surface area contributed by atoms with E-state index < -0.39 is 6.04 Å². The molecule has 0 aliphatic carbocycles. The molecule has 1 aliphatic rings. The van der Waals surface area contributed by atoms with Crippen LogP contribution in [0.15, 0.2) is 35.1 Å². The van der Waals surface area contributed by atoms with Gasteiger partial charge in [-0.1, -0.05) is 29.4 Å². The number of hydrazine groups is 1. The van der Waals surface area contributed by atoms with E-state index in [-0.39, 0.29) is 24.7 Å². The highest BCUT2D eigenvalue weighted by molar-refractivity contribution is 7.99. The fourth-order valence-electron chi connectivity index (χ4n) is 2.59. The molecule has 0 saturated heterocycles. The Hall–Kier alpha value is -2.02. The van der Waals surface area contributed by atoms with Crippen LogP contribution in [0.25, 0.3) is 0 Å². The minimum atomic E-state index is -0.610. The number of carbonyl (C=O) groups excluding carboxylic acids is 3. The Kier molecular flexibility index (Phi) is 12.0. The van der Waals surface area contributed by atoms with Gasteiger partial charge in [-0.2, -0.15) is 11.8 Å². The lowest BCUT2D eigenvalue weighted by molar-refractivity contribution is -0.129. The van der Waals surface area contributed by atoms with E-state index in [9.17, 15) is 14.4 Å². The summed E-state index contributed by atoms with van der Waals surface area (Å²) in [4.78, 5) is 34.5. The Morgan fingerprint density at radius 2 is 1.96 bits per heavy atom. The van der Waals surface area contributed by atoms with Crippen LogP contribution in [0.4, 0.5) is 0 Å². The van der Waals surface area contributed by atoms with Crippen LogP contribution < -0.4 is 16.2 Å². The summed E-state index contributed by atoms with van der Waals surface area (Å²) in [6.07, 6.45) is 11.4. The molecule has 1 unspecified atom stereocenters. The maximum Gasteiger partial charge on any atom is 0.261 e. The molecule has 28 heavy (non-hydrogen) atoms. The number of amides is 2. The van der Waals surface area contributed by atoms with Crippen molar-refractivity contribution in [2.24, 2.45) is 0 Å². The summed E-state index contributed by atoms with van der Waals surface area (Å²) in [5.41, 5.74) is 9.37. The molecule has 0 aromatic carbocycles. The molecule has 7 heteroatoms. The van der Waals surface area contributed by atoms with Crippen LogP contribution in [-0.4, -0.2) is 35.6 Å². The Labute approximate surface area is 172 Å². The van der Waals surface area contributed by atoms with E-state index in [4.69, 9.17) is 0 Å². The Morgan fingerprint density at radius 1 is 1.18 bits per heavy atom. The lowest BCUT2D eigenvalue weighted by atomic mass is 10.1. The number of nitrogens with one attached hydrogen (secondary N) is 3. The molecule has 3 N–H and O–H groups in total. The van der Waals surface area contributed by atoms with Gasteiger partial charge in [0.15, 0.2) is 0 Å². The number of allylic oxidation sites excluding steroid dienone is 5. The van der Waals surface area contributed by atoms with Crippen molar-refractivity contribution in [1.82, 2.24) is 16.2 Å². The minimum absolute atomic E-state index is 0.105. The third kappa shape index (κ3) is 11.0. The van der Waals surface area contributed by atoms with Gasteiger partial charge in [-0.25, -0.2) is 0 Å². The van der Waals surface area contributed by atoms with Gasteiger partial charge in [0, 0.05) is 30.0 Å². The van der Waals surface area contributed by atoms with Crippen molar-refractivity contribution < 1.29 is 14.4 Å². The largest absolute Gasteiger partial charge is 0.343 e. The molecule has 2 amide bonds. The van der Waals surface area contributed by atoms with Crippen LogP contribution in [0.2, 0.25) is 0 Å². The van der Waals surface area contributed by atoms with Gasteiger partial charge in [0.05, 0.1) is 0 Å². The Balaban J connectivity index is 2.45. The second-order valence-electron chi connectivity index (χ2n) is 7.12. The number of rotatable bonds is 10. The summed E-state index contributed by atoms with van der Waals surface area (Å²) in [7, 11) is 0. The molecule has 0 aromatic heterocycles. The van der Waals surface area contributed by atoms with Crippen molar-refractivity contribution in [3.63, 3.8) is 0 Å². The van der Waals surface area contributed by atoms with Crippen molar-refractivity contribution in [3.05, 3.63) is 35.1 Å². The highest BCUT2D eigenvalue weighted by atomic mass is 32.2. The molecule has 156 valence electrons. The Bertz CT molecular complexity index is 622. The molecular formula is C21H33N3O3S. The molecule has 6 nitrogen and oxygen atoms in total. The van der Waals surface area contributed by atoms with Gasteiger partial charge in [-0.3, -0.25) is 15.0 Å². The first-order valence-electron chi connectivity index (χ1n) is 9.77. The molecule has 1 atom stereocenters. The SMILES string of the molecule is CC(C)=CCC/C(C)=C/CC/C1=C/CSCC(NC(=O)CCC=O)C(=O)NN1. The van der Waals surface area contributed by atoms with Crippen LogP contribution >= 0.6 is 11.8 Å². The first kappa shape index (κ1) is 24.0. The second-order valence-corrected chi connectivity index (χ2v) is 8.19. The van der Waals surface area contributed by atoms with Crippen molar-refractivity contribution in [1.29, 1.82) is 0 Å². The summed E-state index contributed by atoms with van der Waals surface area (Å²) < 4.78 is 0. The first-order chi connectivity index (χ1) is 13.4. The maximum atomic E-state index is 12.3. The molecule has 0 fully saturated rings. The van der Waals surface area contributed by atoms with E-state index in [1.165, 1.54) is 11.1 Å². The van der Waals surface area contributed by atoms with Crippen LogP contribution in [0.1, 0.15) is 59.3 Å². The monoisotopic (exact) mass is 407 g/mol. The standard InChI is InChI=1S/C21H33N3O3S/c1-16(2)7-4-8-17(3)9-5-10-18-12-14-28-15-19(21(27)24-23-18)22-20(26)11-6-13-25/h7,9,12-13,19,23H,4-6,8,10-11,14-15H2,1-3H3,(H,22,26)(H,24,27)/b17-9+,18-12-. The lowest BCUT2D eigenvalue weighted by Gasteiger charge is -2.18. The zero-order chi connectivity index (χ0) is 20.8. The molecular weight excluding hydrogens is 374 g/mol. The zero-order valence-corrected chi connectivity index (χ0v) is 18.0. The fourth-order valence-corrected chi connectivity index (χ4v) is 3.52. The second kappa shape index (κ2) is 14.0. The smallest absolute Gasteiger partial charge is 0.261 e. The zero-order valence-electron chi connectivity index (χ0n) is 17.2. The average Bonchev–Trinajstić information content (AvgIpc) is 2.72. The van der Waals surface area contributed by atoms with Crippen LogP contribution in [-0.2, 0) is 14.4 Å². The van der Waals surface area contributed by atoms with E-state index in [0.717, 1.165) is 37.1 Å².